The molecule has 1 saturated heterocycles. The van der Waals surface area contributed by atoms with E-state index in [1.54, 1.807) is 12.1 Å². The summed E-state index contributed by atoms with van der Waals surface area (Å²) in [6.45, 7) is 3.85. The predicted molar refractivity (Wildman–Crippen MR) is 103 cm³/mol. The summed E-state index contributed by atoms with van der Waals surface area (Å²) in [6, 6.07) is 18.0. The minimum atomic E-state index is 0.641. The van der Waals surface area contributed by atoms with Crippen LogP contribution in [-0.4, -0.2) is 36.1 Å². The largest absolute Gasteiger partial charge is 0.492 e. The highest BCUT2D eigenvalue weighted by atomic mass is 16.5. The summed E-state index contributed by atoms with van der Waals surface area (Å²) in [5, 5.41) is 10.2. The van der Waals surface area contributed by atoms with E-state index >= 15 is 0 Å². The van der Waals surface area contributed by atoms with E-state index in [0.29, 0.717) is 18.1 Å². The second-order valence-corrected chi connectivity index (χ2v) is 6.89. The van der Waals surface area contributed by atoms with Gasteiger partial charge in [0.25, 0.3) is 0 Å². The number of para-hydroxylation sites is 1. The molecule has 0 radical (unpaired) electrons. The van der Waals surface area contributed by atoms with Gasteiger partial charge in [-0.1, -0.05) is 18.2 Å². The molecular weight excluding hydrogens is 322 g/mol. The average molecular weight is 345 g/mol. The van der Waals surface area contributed by atoms with Crippen LogP contribution >= 0.6 is 0 Å². The standard InChI is InChI=1S/C22H23N3O/c23-15-17-5-7-19(8-6-17)26-14-13-25-11-9-18(10-12-25)21-16-24-22-4-2-1-3-20(21)22/h1-8,16,18,24H,9-14H2. The number of hydrogen-bond donors (Lipinski definition) is 1. The number of nitriles is 1. The second kappa shape index (κ2) is 7.63. The van der Waals surface area contributed by atoms with E-state index in [4.69, 9.17) is 10.00 Å². The predicted octanol–water partition coefficient (Wildman–Crippen LogP) is 4.30. The lowest BCUT2D eigenvalue weighted by Gasteiger charge is -2.31. The van der Waals surface area contributed by atoms with Crippen molar-refractivity contribution in [3.63, 3.8) is 0 Å². The molecule has 4 nitrogen and oxygen atoms in total. The van der Waals surface area contributed by atoms with Gasteiger partial charge < -0.3 is 9.72 Å². The first-order chi connectivity index (χ1) is 12.8. The Hall–Kier alpha value is -2.77. The number of rotatable bonds is 5. The second-order valence-electron chi connectivity index (χ2n) is 6.89. The smallest absolute Gasteiger partial charge is 0.119 e. The van der Waals surface area contributed by atoms with Gasteiger partial charge in [0.15, 0.2) is 0 Å². The third-order valence-corrected chi connectivity index (χ3v) is 5.31. The monoisotopic (exact) mass is 345 g/mol. The Balaban J connectivity index is 1.26. The molecule has 0 saturated carbocycles. The molecule has 1 aliphatic rings. The molecule has 1 aliphatic heterocycles. The molecule has 2 heterocycles. The van der Waals surface area contributed by atoms with Gasteiger partial charge in [-0.05, 0) is 67.7 Å². The number of piperidine rings is 1. The van der Waals surface area contributed by atoms with Crippen LogP contribution < -0.4 is 4.74 Å². The summed E-state index contributed by atoms with van der Waals surface area (Å²) in [4.78, 5) is 5.88. The number of nitrogens with zero attached hydrogens (tertiary/aromatic N) is 2. The number of fused-ring (bicyclic) bond motifs is 1. The Bertz CT molecular complexity index is 899. The molecule has 1 N–H and O–H groups in total. The minimum Gasteiger partial charge on any atom is -0.492 e. The molecule has 1 aromatic heterocycles. The Kier molecular flexibility index (Phi) is 4.90. The van der Waals surface area contributed by atoms with Crippen molar-refractivity contribution in [2.24, 2.45) is 0 Å². The number of aromatic nitrogens is 1. The van der Waals surface area contributed by atoms with Crippen molar-refractivity contribution in [1.29, 1.82) is 5.26 Å². The quantitative estimate of drug-likeness (QED) is 0.750. The zero-order valence-corrected chi connectivity index (χ0v) is 14.8. The van der Waals surface area contributed by atoms with Gasteiger partial charge in [0.05, 0.1) is 11.6 Å². The number of nitrogens with one attached hydrogen (secondary N) is 1. The van der Waals surface area contributed by atoms with Crippen molar-refractivity contribution in [1.82, 2.24) is 9.88 Å². The van der Waals surface area contributed by atoms with E-state index in [2.05, 4.69) is 46.4 Å². The van der Waals surface area contributed by atoms with Crippen LogP contribution in [0.5, 0.6) is 5.75 Å². The zero-order valence-electron chi connectivity index (χ0n) is 14.8. The number of ether oxygens (including phenoxy) is 1. The van der Waals surface area contributed by atoms with Crippen LogP contribution in [0.15, 0.2) is 54.7 Å². The molecule has 0 bridgehead atoms. The number of hydrogen-bond acceptors (Lipinski definition) is 3. The molecule has 2 aromatic carbocycles. The first-order valence-electron chi connectivity index (χ1n) is 9.25. The Morgan fingerprint density at radius 2 is 1.85 bits per heavy atom. The molecule has 0 aliphatic carbocycles. The molecule has 0 spiro atoms. The molecule has 4 heteroatoms. The van der Waals surface area contributed by atoms with Crippen LogP contribution in [0.2, 0.25) is 0 Å². The van der Waals surface area contributed by atoms with Crippen molar-refractivity contribution >= 4 is 10.9 Å². The zero-order chi connectivity index (χ0) is 17.8. The Morgan fingerprint density at radius 1 is 1.08 bits per heavy atom. The minimum absolute atomic E-state index is 0.641. The van der Waals surface area contributed by atoms with Crippen molar-refractivity contribution < 1.29 is 4.74 Å². The number of benzene rings is 2. The fourth-order valence-electron chi connectivity index (χ4n) is 3.82. The molecule has 3 aromatic rings. The van der Waals surface area contributed by atoms with Crippen LogP contribution in [0.3, 0.4) is 0 Å². The highest BCUT2D eigenvalue weighted by Gasteiger charge is 2.22. The Morgan fingerprint density at radius 3 is 2.62 bits per heavy atom. The van der Waals surface area contributed by atoms with Crippen LogP contribution in [0.25, 0.3) is 10.9 Å². The van der Waals surface area contributed by atoms with Crippen molar-refractivity contribution in [3.8, 4) is 11.8 Å². The van der Waals surface area contributed by atoms with E-state index in [-0.39, 0.29) is 0 Å². The summed E-state index contributed by atoms with van der Waals surface area (Å²) in [5.41, 5.74) is 3.37. The van der Waals surface area contributed by atoms with Gasteiger partial charge in [-0.15, -0.1) is 0 Å². The van der Waals surface area contributed by atoms with Crippen molar-refractivity contribution in [2.45, 2.75) is 18.8 Å². The van der Waals surface area contributed by atoms with E-state index in [1.165, 1.54) is 29.3 Å². The normalized spacial score (nSPS) is 15.8. The summed E-state index contributed by atoms with van der Waals surface area (Å²) in [7, 11) is 0. The fourth-order valence-corrected chi connectivity index (χ4v) is 3.82. The average Bonchev–Trinajstić information content (AvgIpc) is 3.13. The lowest BCUT2D eigenvalue weighted by atomic mass is 9.89. The van der Waals surface area contributed by atoms with E-state index in [1.807, 2.05) is 12.1 Å². The molecule has 26 heavy (non-hydrogen) atoms. The third-order valence-electron chi connectivity index (χ3n) is 5.31. The van der Waals surface area contributed by atoms with Gasteiger partial charge in [-0.2, -0.15) is 5.26 Å². The summed E-state index contributed by atoms with van der Waals surface area (Å²) < 4.78 is 5.81. The molecular formula is C22H23N3O. The third kappa shape index (κ3) is 3.58. The van der Waals surface area contributed by atoms with Crippen LogP contribution in [-0.2, 0) is 0 Å². The molecule has 132 valence electrons. The summed E-state index contributed by atoms with van der Waals surface area (Å²) in [6.07, 6.45) is 4.58. The first-order valence-corrected chi connectivity index (χ1v) is 9.25. The van der Waals surface area contributed by atoms with Gasteiger partial charge in [0, 0.05) is 23.6 Å². The maximum Gasteiger partial charge on any atom is 0.119 e. The van der Waals surface area contributed by atoms with E-state index in [9.17, 15) is 0 Å². The highest BCUT2D eigenvalue weighted by molar-refractivity contribution is 5.83. The maximum atomic E-state index is 8.82. The molecule has 0 amide bonds. The Labute approximate surface area is 154 Å². The summed E-state index contributed by atoms with van der Waals surface area (Å²) >= 11 is 0. The lowest BCUT2D eigenvalue weighted by molar-refractivity contribution is 0.173. The molecule has 1 fully saturated rings. The van der Waals surface area contributed by atoms with Gasteiger partial charge >= 0.3 is 0 Å². The van der Waals surface area contributed by atoms with E-state index < -0.39 is 0 Å². The lowest BCUT2D eigenvalue weighted by Crippen LogP contribution is -2.35. The molecule has 0 unspecified atom stereocenters. The summed E-state index contributed by atoms with van der Waals surface area (Å²) in [5.74, 6) is 1.47. The van der Waals surface area contributed by atoms with Crippen LogP contribution in [0.4, 0.5) is 0 Å². The number of likely N-dealkylation sites (tertiary alicyclic amines) is 1. The number of aromatic amines is 1. The maximum absolute atomic E-state index is 8.82. The fraction of sp³-hybridized carbons (Fsp3) is 0.318. The van der Waals surface area contributed by atoms with Gasteiger partial charge in [-0.3, -0.25) is 4.90 Å². The molecule has 0 atom stereocenters. The van der Waals surface area contributed by atoms with Crippen molar-refractivity contribution in [2.75, 3.05) is 26.2 Å². The van der Waals surface area contributed by atoms with Gasteiger partial charge in [0.2, 0.25) is 0 Å². The highest BCUT2D eigenvalue weighted by Crippen LogP contribution is 2.32. The SMILES string of the molecule is N#Cc1ccc(OCCN2CCC(c3c[nH]c4ccccc34)CC2)cc1. The topological polar surface area (TPSA) is 52.0 Å². The van der Waals surface area contributed by atoms with E-state index in [0.717, 1.165) is 25.4 Å². The van der Waals surface area contributed by atoms with Gasteiger partial charge in [-0.25, -0.2) is 0 Å². The van der Waals surface area contributed by atoms with Crippen LogP contribution in [0, 0.1) is 11.3 Å². The van der Waals surface area contributed by atoms with Crippen LogP contribution in [0.1, 0.15) is 29.9 Å². The first kappa shape index (κ1) is 16.7. The van der Waals surface area contributed by atoms with Gasteiger partial charge in [0.1, 0.15) is 12.4 Å². The van der Waals surface area contributed by atoms with Crippen molar-refractivity contribution in [3.05, 3.63) is 65.9 Å². The number of H-pyrrole nitrogens is 1. The molecule has 4 rings (SSSR count).